The Bertz CT molecular complexity index is 659. The van der Waals surface area contributed by atoms with Gasteiger partial charge in [-0.2, -0.15) is 13.2 Å². The van der Waals surface area contributed by atoms with Gasteiger partial charge in [-0.05, 0) is 22.4 Å². The van der Waals surface area contributed by atoms with Crippen molar-refractivity contribution in [1.29, 1.82) is 0 Å². The van der Waals surface area contributed by atoms with Gasteiger partial charge in [-0.3, -0.25) is 5.32 Å². The molecule has 0 saturated heterocycles. The highest BCUT2D eigenvalue weighted by Crippen LogP contribution is 2.18. The highest BCUT2D eigenvalue weighted by molar-refractivity contribution is 5.83. The molecule has 118 valence electrons. The lowest BCUT2D eigenvalue weighted by Gasteiger charge is -2.18. The van der Waals surface area contributed by atoms with Crippen LogP contribution in [0.15, 0.2) is 42.5 Å². The van der Waals surface area contributed by atoms with Crippen LogP contribution < -0.4 is 11.1 Å². The lowest BCUT2D eigenvalue weighted by Crippen LogP contribution is -2.42. The zero-order valence-electron chi connectivity index (χ0n) is 11.6. The number of alkyl halides is 3. The van der Waals surface area contributed by atoms with E-state index in [2.05, 4.69) is 10.1 Å². The van der Waals surface area contributed by atoms with Crippen molar-refractivity contribution in [3.63, 3.8) is 0 Å². The highest BCUT2D eigenvalue weighted by atomic mass is 19.4. The normalized spacial score (nSPS) is 13.1. The molecule has 0 spiro atoms. The number of rotatable bonds is 5. The quantitative estimate of drug-likeness (QED) is 0.657. The van der Waals surface area contributed by atoms with E-state index in [1.807, 2.05) is 42.5 Å². The molecule has 0 aliphatic rings. The SMILES string of the molecule is NCC(NCc1ccc2ccccc2c1)OC(=O)C(F)(F)F. The van der Waals surface area contributed by atoms with Crippen molar-refractivity contribution in [2.45, 2.75) is 18.9 Å². The maximum absolute atomic E-state index is 12.1. The van der Waals surface area contributed by atoms with Gasteiger partial charge in [-0.1, -0.05) is 36.4 Å². The molecule has 0 amide bonds. The summed E-state index contributed by atoms with van der Waals surface area (Å²) >= 11 is 0. The molecule has 0 fully saturated rings. The van der Waals surface area contributed by atoms with E-state index in [4.69, 9.17) is 5.73 Å². The molecule has 2 aromatic rings. The Morgan fingerprint density at radius 3 is 2.50 bits per heavy atom. The van der Waals surface area contributed by atoms with Crippen molar-refractivity contribution in [3.05, 3.63) is 48.0 Å². The van der Waals surface area contributed by atoms with Gasteiger partial charge in [0, 0.05) is 13.1 Å². The standard InChI is InChI=1S/C15H15F3N2O2/c16-15(17,18)14(21)22-13(8-19)20-9-10-5-6-11-3-1-2-4-12(11)7-10/h1-7,13,20H,8-9,19H2. The summed E-state index contributed by atoms with van der Waals surface area (Å²) in [5, 5.41) is 4.76. The zero-order valence-corrected chi connectivity index (χ0v) is 11.6. The lowest BCUT2D eigenvalue weighted by atomic mass is 10.1. The molecule has 4 nitrogen and oxygen atoms in total. The van der Waals surface area contributed by atoms with Gasteiger partial charge in [0.15, 0.2) is 6.23 Å². The summed E-state index contributed by atoms with van der Waals surface area (Å²) in [6.45, 7) is -0.0206. The smallest absolute Gasteiger partial charge is 0.439 e. The molecule has 3 N–H and O–H groups in total. The maximum Gasteiger partial charge on any atom is 0.490 e. The second-order valence-electron chi connectivity index (χ2n) is 4.69. The third-order valence-electron chi connectivity index (χ3n) is 3.04. The number of carbonyl (C=O) groups excluding carboxylic acids is 1. The van der Waals surface area contributed by atoms with Gasteiger partial charge < -0.3 is 10.5 Å². The Morgan fingerprint density at radius 1 is 1.18 bits per heavy atom. The predicted octanol–water partition coefficient (Wildman–Crippen LogP) is 2.32. The number of fused-ring (bicyclic) bond motifs is 1. The molecule has 2 aromatic carbocycles. The van der Waals surface area contributed by atoms with Crippen LogP contribution in [0, 0.1) is 0 Å². The molecular weight excluding hydrogens is 297 g/mol. The fraction of sp³-hybridized carbons (Fsp3) is 0.267. The molecule has 0 saturated carbocycles. The summed E-state index contributed by atoms with van der Waals surface area (Å²) < 4.78 is 40.7. The number of ether oxygens (including phenoxy) is 1. The second-order valence-corrected chi connectivity index (χ2v) is 4.69. The van der Waals surface area contributed by atoms with Crippen LogP contribution in [-0.2, 0) is 16.1 Å². The minimum absolute atomic E-state index is 0.234. The summed E-state index contributed by atoms with van der Waals surface area (Å²) in [5.74, 6) is -2.26. The van der Waals surface area contributed by atoms with Crippen LogP contribution >= 0.6 is 0 Å². The van der Waals surface area contributed by atoms with Gasteiger partial charge in [-0.15, -0.1) is 0 Å². The average molecular weight is 312 g/mol. The molecule has 0 aliphatic heterocycles. The van der Waals surface area contributed by atoms with E-state index >= 15 is 0 Å². The van der Waals surface area contributed by atoms with Gasteiger partial charge >= 0.3 is 12.1 Å². The van der Waals surface area contributed by atoms with Crippen molar-refractivity contribution in [1.82, 2.24) is 5.32 Å². The molecule has 1 atom stereocenters. The Labute approximate surface area is 125 Å². The van der Waals surface area contributed by atoms with E-state index in [1.165, 1.54) is 0 Å². The van der Waals surface area contributed by atoms with Crippen LogP contribution in [0.5, 0.6) is 0 Å². The fourth-order valence-corrected chi connectivity index (χ4v) is 1.95. The molecule has 1 unspecified atom stereocenters. The molecule has 2 rings (SSSR count). The Kier molecular flexibility index (Phi) is 4.99. The van der Waals surface area contributed by atoms with Gasteiger partial charge in [0.25, 0.3) is 0 Å². The van der Waals surface area contributed by atoms with Crippen molar-refractivity contribution in [2.24, 2.45) is 5.73 Å². The number of hydrogen-bond donors (Lipinski definition) is 2. The Morgan fingerprint density at radius 2 is 1.86 bits per heavy atom. The summed E-state index contributed by atoms with van der Waals surface area (Å²) in [4.78, 5) is 10.8. The largest absolute Gasteiger partial charge is 0.490 e. The lowest BCUT2D eigenvalue weighted by molar-refractivity contribution is -0.205. The topological polar surface area (TPSA) is 64.3 Å². The number of benzene rings is 2. The third-order valence-corrected chi connectivity index (χ3v) is 3.04. The van der Waals surface area contributed by atoms with E-state index in [-0.39, 0.29) is 13.1 Å². The van der Waals surface area contributed by atoms with Crippen LogP contribution in [0.4, 0.5) is 13.2 Å². The second kappa shape index (κ2) is 6.76. The number of nitrogens with two attached hydrogens (primary N) is 1. The van der Waals surface area contributed by atoms with Gasteiger partial charge in [-0.25, -0.2) is 4.79 Å². The van der Waals surface area contributed by atoms with Crippen molar-refractivity contribution < 1.29 is 22.7 Å². The predicted molar refractivity (Wildman–Crippen MR) is 75.8 cm³/mol. The molecule has 7 heteroatoms. The van der Waals surface area contributed by atoms with Gasteiger partial charge in [0.1, 0.15) is 0 Å². The van der Waals surface area contributed by atoms with Crippen molar-refractivity contribution in [2.75, 3.05) is 6.54 Å². The average Bonchev–Trinajstić information content (AvgIpc) is 2.50. The fourth-order valence-electron chi connectivity index (χ4n) is 1.95. The van der Waals surface area contributed by atoms with Crippen LogP contribution in [0.1, 0.15) is 5.56 Å². The zero-order chi connectivity index (χ0) is 16.2. The van der Waals surface area contributed by atoms with E-state index in [1.54, 1.807) is 0 Å². The van der Waals surface area contributed by atoms with E-state index in [0.717, 1.165) is 16.3 Å². The molecule has 0 heterocycles. The first-order chi connectivity index (χ1) is 10.4. The number of carbonyl (C=O) groups is 1. The Balaban J connectivity index is 1.98. The summed E-state index contributed by atoms with van der Waals surface area (Å²) in [5.41, 5.74) is 6.16. The summed E-state index contributed by atoms with van der Waals surface area (Å²) in [6, 6.07) is 13.4. The van der Waals surface area contributed by atoms with Crippen LogP contribution in [0.3, 0.4) is 0 Å². The molecule has 0 aliphatic carbocycles. The number of hydrogen-bond acceptors (Lipinski definition) is 4. The maximum atomic E-state index is 12.1. The van der Waals surface area contributed by atoms with Crippen LogP contribution in [0.2, 0.25) is 0 Å². The summed E-state index contributed by atoms with van der Waals surface area (Å²) in [7, 11) is 0. The van der Waals surface area contributed by atoms with E-state index in [9.17, 15) is 18.0 Å². The first-order valence-electron chi connectivity index (χ1n) is 6.59. The van der Waals surface area contributed by atoms with Gasteiger partial charge in [0.05, 0.1) is 0 Å². The van der Waals surface area contributed by atoms with Gasteiger partial charge in [0.2, 0.25) is 0 Å². The van der Waals surface area contributed by atoms with Crippen LogP contribution in [0.25, 0.3) is 10.8 Å². The number of halogens is 3. The van der Waals surface area contributed by atoms with E-state index < -0.39 is 18.4 Å². The van der Waals surface area contributed by atoms with E-state index in [0.29, 0.717) is 0 Å². The van der Waals surface area contributed by atoms with Crippen molar-refractivity contribution >= 4 is 16.7 Å². The third kappa shape index (κ3) is 4.19. The van der Waals surface area contributed by atoms with Crippen molar-refractivity contribution in [3.8, 4) is 0 Å². The first-order valence-corrected chi connectivity index (χ1v) is 6.59. The Hall–Kier alpha value is -2.12. The highest BCUT2D eigenvalue weighted by Gasteiger charge is 2.42. The summed E-state index contributed by atoms with van der Waals surface area (Å²) in [6.07, 6.45) is -6.22. The first kappa shape index (κ1) is 16.3. The van der Waals surface area contributed by atoms with Crippen LogP contribution in [-0.4, -0.2) is 24.9 Å². The molecule has 0 aromatic heterocycles. The molecular formula is C15H15F3N2O2. The minimum Gasteiger partial charge on any atom is -0.439 e. The number of nitrogens with one attached hydrogen (secondary N) is 1. The number of esters is 1. The molecule has 0 bridgehead atoms. The molecule has 0 radical (unpaired) electrons. The monoisotopic (exact) mass is 312 g/mol. The minimum atomic E-state index is -5.03. The molecule has 22 heavy (non-hydrogen) atoms.